The molecular formula is C11H11F11O3. The number of ether oxygens (including phenoxy) is 1. The summed E-state index contributed by atoms with van der Waals surface area (Å²) in [7, 11) is 0. The lowest BCUT2D eigenvalue weighted by Gasteiger charge is -2.39. The average Bonchev–Trinajstić information content (AvgIpc) is 2.35. The van der Waals surface area contributed by atoms with Crippen molar-refractivity contribution in [1.82, 2.24) is 0 Å². The molecule has 0 spiro atoms. The van der Waals surface area contributed by atoms with Crippen LogP contribution in [0.5, 0.6) is 0 Å². The Bertz CT molecular complexity index is 481. The molecule has 0 aliphatic rings. The SMILES string of the molecule is CCOC(=O)C(C)(O)C(C(F)C(F)(F)C(F)(F)C(F)(F)F)C(F)(F)F. The van der Waals surface area contributed by atoms with Crippen molar-refractivity contribution in [2.75, 3.05) is 6.61 Å². The summed E-state index contributed by atoms with van der Waals surface area (Å²) in [5, 5.41) is 9.42. The van der Waals surface area contributed by atoms with E-state index in [2.05, 4.69) is 4.74 Å². The monoisotopic (exact) mass is 400 g/mol. The number of aliphatic hydroxyl groups is 1. The third kappa shape index (κ3) is 4.26. The molecular weight excluding hydrogens is 389 g/mol. The van der Waals surface area contributed by atoms with E-state index in [0.717, 1.165) is 6.92 Å². The van der Waals surface area contributed by atoms with Crippen LogP contribution in [0, 0.1) is 5.92 Å². The maximum absolute atomic E-state index is 13.6. The van der Waals surface area contributed by atoms with Crippen LogP contribution >= 0.6 is 0 Å². The molecule has 25 heavy (non-hydrogen) atoms. The van der Waals surface area contributed by atoms with Crippen molar-refractivity contribution in [2.24, 2.45) is 5.92 Å². The Labute approximate surface area is 132 Å². The predicted octanol–water partition coefficient (Wildman–Crippen LogP) is 3.65. The Morgan fingerprint density at radius 3 is 1.68 bits per heavy atom. The van der Waals surface area contributed by atoms with Gasteiger partial charge in [-0.2, -0.15) is 43.9 Å². The Morgan fingerprint density at radius 2 is 1.40 bits per heavy atom. The number of carbonyl (C=O) groups is 1. The molecule has 0 aromatic rings. The molecule has 0 amide bonds. The van der Waals surface area contributed by atoms with Crippen molar-refractivity contribution in [3.63, 3.8) is 0 Å². The summed E-state index contributed by atoms with van der Waals surface area (Å²) in [4.78, 5) is 11.2. The van der Waals surface area contributed by atoms with Gasteiger partial charge in [-0.1, -0.05) is 0 Å². The van der Waals surface area contributed by atoms with Gasteiger partial charge in [0.05, 0.1) is 6.61 Å². The Hall–Kier alpha value is -1.34. The fourth-order valence-corrected chi connectivity index (χ4v) is 1.75. The van der Waals surface area contributed by atoms with Crippen LogP contribution in [0.3, 0.4) is 0 Å². The summed E-state index contributed by atoms with van der Waals surface area (Å²) in [6, 6.07) is 0. The van der Waals surface area contributed by atoms with Crippen LogP contribution in [0.1, 0.15) is 13.8 Å². The van der Waals surface area contributed by atoms with Crippen molar-refractivity contribution in [2.45, 2.75) is 49.8 Å². The van der Waals surface area contributed by atoms with Crippen molar-refractivity contribution in [3.8, 4) is 0 Å². The molecule has 0 aromatic carbocycles. The third-order valence-corrected chi connectivity index (χ3v) is 3.06. The van der Waals surface area contributed by atoms with E-state index in [1.54, 1.807) is 0 Å². The van der Waals surface area contributed by atoms with Gasteiger partial charge in [0, 0.05) is 0 Å². The van der Waals surface area contributed by atoms with Crippen LogP contribution in [0.25, 0.3) is 0 Å². The van der Waals surface area contributed by atoms with Crippen LogP contribution in [0.2, 0.25) is 0 Å². The molecule has 1 N–H and O–H groups in total. The van der Waals surface area contributed by atoms with E-state index < -0.39 is 54.5 Å². The van der Waals surface area contributed by atoms with Gasteiger partial charge in [0.2, 0.25) is 0 Å². The van der Waals surface area contributed by atoms with Crippen LogP contribution in [-0.4, -0.2) is 53.7 Å². The Balaban J connectivity index is 6.23. The maximum atomic E-state index is 13.6. The molecule has 14 heteroatoms. The lowest BCUT2D eigenvalue weighted by molar-refractivity contribution is -0.380. The molecule has 0 radical (unpaired) electrons. The number of halogens is 11. The van der Waals surface area contributed by atoms with E-state index in [9.17, 15) is 58.2 Å². The molecule has 0 fully saturated rings. The second kappa shape index (κ2) is 6.76. The molecule has 0 bridgehead atoms. The first-order valence-corrected chi connectivity index (χ1v) is 6.19. The quantitative estimate of drug-likeness (QED) is 0.547. The molecule has 3 unspecified atom stereocenters. The first-order chi connectivity index (χ1) is 10.8. The van der Waals surface area contributed by atoms with E-state index in [0.29, 0.717) is 0 Å². The molecule has 150 valence electrons. The van der Waals surface area contributed by atoms with E-state index in [1.807, 2.05) is 0 Å². The summed E-state index contributed by atoms with van der Waals surface area (Å²) in [5.74, 6) is -21.1. The number of esters is 1. The third-order valence-electron chi connectivity index (χ3n) is 3.06. The molecule has 3 nitrogen and oxygen atoms in total. The normalized spacial score (nSPS) is 19.1. The predicted molar refractivity (Wildman–Crippen MR) is 57.6 cm³/mol. The highest BCUT2D eigenvalue weighted by molar-refractivity contribution is 5.79. The highest BCUT2D eigenvalue weighted by atomic mass is 19.4. The van der Waals surface area contributed by atoms with Crippen LogP contribution < -0.4 is 0 Å². The minimum Gasteiger partial charge on any atom is -0.464 e. The fourth-order valence-electron chi connectivity index (χ4n) is 1.75. The molecule has 0 saturated heterocycles. The zero-order valence-corrected chi connectivity index (χ0v) is 12.3. The lowest BCUT2D eigenvalue weighted by Crippen LogP contribution is -2.64. The Kier molecular flexibility index (Phi) is 6.40. The average molecular weight is 400 g/mol. The van der Waals surface area contributed by atoms with Gasteiger partial charge in [-0.25, -0.2) is 9.18 Å². The summed E-state index contributed by atoms with van der Waals surface area (Å²) < 4.78 is 144. The Morgan fingerprint density at radius 1 is 1.00 bits per heavy atom. The number of carbonyl (C=O) groups excluding carboxylic acids is 1. The highest BCUT2D eigenvalue weighted by Crippen LogP contribution is 2.53. The fraction of sp³-hybridized carbons (Fsp3) is 0.909. The molecule has 3 atom stereocenters. The molecule has 0 aliphatic carbocycles. The van der Waals surface area contributed by atoms with Gasteiger partial charge in [0.25, 0.3) is 0 Å². The standard InChI is InChI=1S/C11H11F11O3/c1-3-25-6(23)7(2,24)4(9(15,16)17)5(12)8(13,14)10(18,19)11(20,21)22/h4-5,24H,3H2,1-2H3. The molecule has 0 aromatic heterocycles. The van der Waals surface area contributed by atoms with Crippen LogP contribution in [-0.2, 0) is 9.53 Å². The van der Waals surface area contributed by atoms with Gasteiger partial charge >= 0.3 is 30.2 Å². The van der Waals surface area contributed by atoms with E-state index >= 15 is 0 Å². The summed E-state index contributed by atoms with van der Waals surface area (Å²) in [6.07, 6.45) is -18.7. The molecule has 0 rings (SSSR count). The van der Waals surface area contributed by atoms with E-state index in [4.69, 9.17) is 0 Å². The largest absolute Gasteiger partial charge is 0.464 e. The minimum atomic E-state index is -7.21. The number of hydrogen-bond acceptors (Lipinski definition) is 3. The lowest BCUT2D eigenvalue weighted by atomic mass is 9.80. The van der Waals surface area contributed by atoms with Crippen molar-refractivity contribution in [3.05, 3.63) is 0 Å². The van der Waals surface area contributed by atoms with Gasteiger partial charge < -0.3 is 9.84 Å². The topological polar surface area (TPSA) is 46.5 Å². The molecule has 0 aliphatic heterocycles. The summed E-state index contributed by atoms with van der Waals surface area (Å²) in [5.41, 5.74) is -4.21. The van der Waals surface area contributed by atoms with E-state index in [1.165, 1.54) is 0 Å². The zero-order chi connectivity index (χ0) is 20.6. The second-order valence-electron chi connectivity index (χ2n) is 4.98. The molecule has 0 saturated carbocycles. The molecule has 0 heterocycles. The highest BCUT2D eigenvalue weighted by Gasteiger charge is 2.79. The minimum absolute atomic E-state index is 0.197. The second-order valence-corrected chi connectivity index (χ2v) is 4.98. The zero-order valence-electron chi connectivity index (χ0n) is 12.3. The van der Waals surface area contributed by atoms with Crippen molar-refractivity contribution >= 4 is 5.97 Å². The summed E-state index contributed by atoms with van der Waals surface area (Å²) in [6.45, 7) is 0.0546. The number of rotatable bonds is 6. The maximum Gasteiger partial charge on any atom is 0.459 e. The first kappa shape index (κ1) is 23.7. The smallest absolute Gasteiger partial charge is 0.459 e. The van der Waals surface area contributed by atoms with Gasteiger partial charge in [-0.15, -0.1) is 0 Å². The van der Waals surface area contributed by atoms with Crippen LogP contribution in [0.4, 0.5) is 48.3 Å². The number of alkyl halides is 11. The van der Waals surface area contributed by atoms with Gasteiger partial charge in [0.1, 0.15) is 5.92 Å². The van der Waals surface area contributed by atoms with Crippen molar-refractivity contribution < 1.29 is 62.9 Å². The van der Waals surface area contributed by atoms with Gasteiger partial charge in [-0.3, -0.25) is 0 Å². The van der Waals surface area contributed by atoms with Crippen LogP contribution in [0.15, 0.2) is 0 Å². The summed E-state index contributed by atoms with van der Waals surface area (Å²) >= 11 is 0. The first-order valence-electron chi connectivity index (χ1n) is 6.19. The van der Waals surface area contributed by atoms with E-state index in [-0.39, 0.29) is 6.92 Å². The van der Waals surface area contributed by atoms with Gasteiger partial charge in [0.15, 0.2) is 11.8 Å². The van der Waals surface area contributed by atoms with Gasteiger partial charge in [-0.05, 0) is 13.8 Å². The van der Waals surface area contributed by atoms with Crippen molar-refractivity contribution in [1.29, 1.82) is 0 Å². The number of hydrogen-bond donors (Lipinski definition) is 1.